The Balaban J connectivity index is 0.000000753. The van der Waals surface area contributed by atoms with E-state index in [1.54, 1.807) is 0 Å². The molecule has 1 aliphatic carbocycles. The Morgan fingerprint density at radius 2 is 1.70 bits per heavy atom. The van der Waals surface area contributed by atoms with Gasteiger partial charge in [0.2, 0.25) is 0 Å². The zero-order valence-electron chi connectivity index (χ0n) is 14.0. The lowest BCUT2D eigenvalue weighted by Crippen LogP contribution is -2.39. The van der Waals surface area contributed by atoms with Crippen molar-refractivity contribution in [2.45, 2.75) is 51.4 Å². The fourth-order valence-corrected chi connectivity index (χ4v) is 3.36. The van der Waals surface area contributed by atoms with E-state index in [2.05, 4.69) is 34.6 Å². The second kappa shape index (κ2) is 7.28. The highest BCUT2D eigenvalue weighted by Gasteiger charge is 2.40. The van der Waals surface area contributed by atoms with Crippen LogP contribution in [0.5, 0.6) is 0 Å². The minimum Gasteiger partial charge on any atom is -0.367 e. The van der Waals surface area contributed by atoms with Gasteiger partial charge in [0, 0.05) is 30.5 Å². The van der Waals surface area contributed by atoms with Crippen molar-refractivity contribution in [3.8, 4) is 0 Å². The topological polar surface area (TPSA) is 43.4 Å². The fraction of sp³-hybridized carbons (Fsp3) is 0.526. The molecule has 1 aromatic carbocycles. The van der Waals surface area contributed by atoms with Crippen LogP contribution in [0.1, 0.15) is 39.5 Å². The standard InChI is InChI=1S/C17H20N2O2.C2H6/c1-2-4-14-12-18-16(11-13(14)3-1)19-15-5-7-17(8-6-15)20-9-10-21-17;1-2/h1-4,11-12,15H,5-10H2,(H,18,19);1-2H3. The van der Waals surface area contributed by atoms with Gasteiger partial charge in [-0.3, -0.25) is 0 Å². The van der Waals surface area contributed by atoms with Gasteiger partial charge >= 0.3 is 0 Å². The second-order valence-corrected chi connectivity index (χ2v) is 5.94. The zero-order valence-corrected chi connectivity index (χ0v) is 14.0. The number of anilines is 1. The first kappa shape index (κ1) is 16.2. The summed E-state index contributed by atoms with van der Waals surface area (Å²) in [6.45, 7) is 5.48. The number of aromatic nitrogens is 1. The Morgan fingerprint density at radius 3 is 2.39 bits per heavy atom. The summed E-state index contributed by atoms with van der Waals surface area (Å²) in [5.74, 6) is 0.678. The molecule has 2 aromatic rings. The highest BCUT2D eigenvalue weighted by molar-refractivity contribution is 5.83. The summed E-state index contributed by atoms with van der Waals surface area (Å²) < 4.78 is 11.5. The molecule has 4 nitrogen and oxygen atoms in total. The first-order valence-electron chi connectivity index (χ1n) is 8.72. The van der Waals surface area contributed by atoms with Gasteiger partial charge in [-0.1, -0.05) is 38.1 Å². The molecule has 0 atom stereocenters. The molecule has 4 rings (SSSR count). The number of benzene rings is 1. The van der Waals surface area contributed by atoms with E-state index in [1.807, 2.05) is 26.1 Å². The number of pyridine rings is 1. The molecule has 0 radical (unpaired) electrons. The van der Waals surface area contributed by atoms with E-state index >= 15 is 0 Å². The lowest BCUT2D eigenvalue weighted by atomic mass is 9.90. The average Bonchev–Trinajstić information content (AvgIpc) is 3.07. The quantitative estimate of drug-likeness (QED) is 0.894. The first-order valence-corrected chi connectivity index (χ1v) is 8.72. The van der Waals surface area contributed by atoms with Crippen molar-refractivity contribution in [2.24, 2.45) is 0 Å². The van der Waals surface area contributed by atoms with Crippen LogP contribution in [-0.4, -0.2) is 30.0 Å². The van der Waals surface area contributed by atoms with Crippen LogP contribution in [0.25, 0.3) is 10.8 Å². The summed E-state index contributed by atoms with van der Waals surface area (Å²) in [5.41, 5.74) is 0. The van der Waals surface area contributed by atoms with E-state index in [0.29, 0.717) is 6.04 Å². The van der Waals surface area contributed by atoms with E-state index in [9.17, 15) is 0 Å². The molecule has 2 heterocycles. The maximum atomic E-state index is 5.77. The van der Waals surface area contributed by atoms with Crippen LogP contribution in [0.2, 0.25) is 0 Å². The van der Waals surface area contributed by atoms with Crippen molar-refractivity contribution in [1.29, 1.82) is 0 Å². The molecular formula is C19H26N2O2. The van der Waals surface area contributed by atoms with Gasteiger partial charge in [0.05, 0.1) is 13.2 Å². The monoisotopic (exact) mass is 314 g/mol. The van der Waals surface area contributed by atoms with Gasteiger partial charge in [0.1, 0.15) is 5.82 Å². The van der Waals surface area contributed by atoms with E-state index < -0.39 is 0 Å². The van der Waals surface area contributed by atoms with Crippen LogP contribution in [0.4, 0.5) is 5.82 Å². The normalized spacial score (nSPS) is 20.3. The van der Waals surface area contributed by atoms with Gasteiger partial charge in [-0.25, -0.2) is 4.98 Å². The maximum absolute atomic E-state index is 5.77. The van der Waals surface area contributed by atoms with E-state index in [0.717, 1.165) is 44.7 Å². The van der Waals surface area contributed by atoms with Crippen molar-refractivity contribution >= 4 is 16.6 Å². The summed E-state index contributed by atoms with van der Waals surface area (Å²) >= 11 is 0. The molecule has 1 saturated carbocycles. The van der Waals surface area contributed by atoms with Crippen molar-refractivity contribution in [3.63, 3.8) is 0 Å². The number of hydrogen-bond acceptors (Lipinski definition) is 4. The molecule has 1 N–H and O–H groups in total. The molecule has 23 heavy (non-hydrogen) atoms. The average molecular weight is 314 g/mol. The third kappa shape index (κ3) is 3.65. The Hall–Kier alpha value is -1.65. The molecule has 1 spiro atoms. The summed E-state index contributed by atoms with van der Waals surface area (Å²) in [7, 11) is 0. The van der Waals surface area contributed by atoms with Crippen molar-refractivity contribution in [1.82, 2.24) is 4.98 Å². The molecule has 0 unspecified atom stereocenters. The molecule has 1 aliphatic heterocycles. The first-order chi connectivity index (χ1) is 11.3. The fourth-order valence-electron chi connectivity index (χ4n) is 3.36. The number of ether oxygens (including phenoxy) is 2. The lowest BCUT2D eigenvalue weighted by Gasteiger charge is -2.35. The zero-order chi connectivity index (χ0) is 16.1. The smallest absolute Gasteiger partial charge is 0.168 e. The van der Waals surface area contributed by atoms with Gasteiger partial charge in [0.15, 0.2) is 5.79 Å². The van der Waals surface area contributed by atoms with Crippen molar-refractivity contribution in [3.05, 3.63) is 36.5 Å². The van der Waals surface area contributed by atoms with Crippen molar-refractivity contribution in [2.75, 3.05) is 18.5 Å². The van der Waals surface area contributed by atoms with Crippen LogP contribution in [0.3, 0.4) is 0 Å². The predicted molar refractivity (Wildman–Crippen MR) is 93.6 cm³/mol. The van der Waals surface area contributed by atoms with Gasteiger partial charge in [0.25, 0.3) is 0 Å². The summed E-state index contributed by atoms with van der Waals surface area (Å²) in [5, 5.41) is 5.96. The Bertz CT molecular complexity index is 628. The van der Waals surface area contributed by atoms with Gasteiger partial charge in [-0.2, -0.15) is 0 Å². The molecule has 1 aromatic heterocycles. The van der Waals surface area contributed by atoms with E-state index in [4.69, 9.17) is 9.47 Å². The Kier molecular flexibility index (Phi) is 5.13. The number of nitrogens with zero attached hydrogens (tertiary/aromatic N) is 1. The predicted octanol–water partition coefficient (Wildman–Crippen LogP) is 4.36. The minimum atomic E-state index is -0.283. The molecule has 2 fully saturated rings. The minimum absolute atomic E-state index is 0.283. The largest absolute Gasteiger partial charge is 0.367 e. The summed E-state index contributed by atoms with van der Waals surface area (Å²) in [6, 6.07) is 10.9. The number of hydrogen-bond donors (Lipinski definition) is 1. The van der Waals surface area contributed by atoms with Crippen LogP contribution in [-0.2, 0) is 9.47 Å². The molecule has 0 amide bonds. The third-order valence-corrected chi connectivity index (χ3v) is 4.54. The van der Waals surface area contributed by atoms with Gasteiger partial charge in [-0.05, 0) is 24.3 Å². The summed E-state index contributed by atoms with van der Waals surface area (Å²) in [4.78, 5) is 4.52. The number of nitrogens with one attached hydrogen (secondary N) is 1. The second-order valence-electron chi connectivity index (χ2n) is 5.94. The van der Waals surface area contributed by atoms with E-state index in [-0.39, 0.29) is 5.79 Å². The van der Waals surface area contributed by atoms with E-state index in [1.165, 1.54) is 10.8 Å². The number of rotatable bonds is 2. The highest BCUT2D eigenvalue weighted by Crippen LogP contribution is 2.36. The molecule has 2 aliphatic rings. The Labute approximate surface area is 138 Å². The molecule has 124 valence electrons. The molecule has 0 bridgehead atoms. The number of fused-ring (bicyclic) bond motifs is 1. The Morgan fingerprint density at radius 1 is 1.04 bits per heavy atom. The third-order valence-electron chi connectivity index (χ3n) is 4.54. The van der Waals surface area contributed by atoms with Crippen LogP contribution in [0, 0.1) is 0 Å². The molecule has 4 heteroatoms. The van der Waals surface area contributed by atoms with Crippen LogP contribution >= 0.6 is 0 Å². The highest BCUT2D eigenvalue weighted by atomic mass is 16.7. The van der Waals surface area contributed by atoms with Crippen molar-refractivity contribution < 1.29 is 9.47 Å². The lowest BCUT2D eigenvalue weighted by molar-refractivity contribution is -0.177. The molecular weight excluding hydrogens is 288 g/mol. The SMILES string of the molecule is CC.c1ccc2cc(NC3CCC4(CC3)OCCO4)ncc2c1. The van der Waals surface area contributed by atoms with Gasteiger partial charge in [-0.15, -0.1) is 0 Å². The van der Waals surface area contributed by atoms with Crippen LogP contribution < -0.4 is 5.32 Å². The maximum Gasteiger partial charge on any atom is 0.168 e. The summed E-state index contributed by atoms with van der Waals surface area (Å²) in [6.07, 6.45) is 6.00. The van der Waals surface area contributed by atoms with Crippen LogP contribution in [0.15, 0.2) is 36.5 Å². The molecule has 1 saturated heterocycles. The van der Waals surface area contributed by atoms with Gasteiger partial charge < -0.3 is 14.8 Å².